The summed E-state index contributed by atoms with van der Waals surface area (Å²) in [6.45, 7) is 0.624. The van der Waals surface area contributed by atoms with E-state index in [0.717, 1.165) is 11.1 Å². The van der Waals surface area contributed by atoms with Crippen LogP contribution in [0.15, 0.2) is 60.7 Å². The van der Waals surface area contributed by atoms with Crippen LogP contribution >= 0.6 is 0 Å². The Balaban J connectivity index is 2.14. The Morgan fingerprint density at radius 1 is 0.967 bits per heavy atom. The summed E-state index contributed by atoms with van der Waals surface area (Å²) in [5.41, 5.74) is 1.89. The first-order valence-electron chi connectivity index (χ1n) is 10.0. The molecule has 2 rings (SSSR count). The molecule has 0 aliphatic carbocycles. The Labute approximate surface area is 177 Å². The third kappa shape index (κ3) is 7.50. The van der Waals surface area contributed by atoms with Crippen molar-refractivity contribution in [3.05, 3.63) is 71.8 Å². The maximum atomic E-state index is 13.1. The van der Waals surface area contributed by atoms with E-state index >= 15 is 0 Å². The summed E-state index contributed by atoms with van der Waals surface area (Å²) < 4.78 is 0. The first-order chi connectivity index (χ1) is 14.4. The van der Waals surface area contributed by atoms with Crippen LogP contribution in [0, 0.1) is 0 Å². The van der Waals surface area contributed by atoms with Gasteiger partial charge in [0.2, 0.25) is 0 Å². The molecular formula is C23H31N3O4. The molecule has 0 aliphatic heterocycles. The Bertz CT molecular complexity index is 784. The zero-order valence-corrected chi connectivity index (χ0v) is 17.6. The lowest BCUT2D eigenvalue weighted by Gasteiger charge is -2.33. The number of carboxylic acids is 1. The quantitative estimate of drug-likeness (QED) is 0.523. The fourth-order valence-corrected chi connectivity index (χ4v) is 3.30. The van der Waals surface area contributed by atoms with Crippen LogP contribution in [0.3, 0.4) is 0 Å². The minimum absolute atomic E-state index is 0.186. The molecule has 3 N–H and O–H groups in total. The zero-order chi connectivity index (χ0) is 21.9. The third-order valence-corrected chi connectivity index (χ3v) is 4.85. The molecule has 1 unspecified atom stereocenters. The SMILES string of the molecule is CN(C)CC(CO)N(CCc1ccccc1)C(=O)N[C@@H](Cc1ccccc1)C(=O)O. The van der Waals surface area contributed by atoms with Crippen molar-refractivity contribution in [2.24, 2.45) is 0 Å². The van der Waals surface area contributed by atoms with Gasteiger partial charge in [-0.15, -0.1) is 0 Å². The number of carbonyl (C=O) groups is 2. The number of nitrogens with zero attached hydrogens (tertiary/aromatic N) is 2. The number of amides is 2. The van der Waals surface area contributed by atoms with Gasteiger partial charge in [0.25, 0.3) is 0 Å². The number of rotatable bonds is 11. The topological polar surface area (TPSA) is 93.1 Å². The predicted molar refractivity (Wildman–Crippen MR) is 116 cm³/mol. The Morgan fingerprint density at radius 3 is 2.03 bits per heavy atom. The number of carboxylic acid groups (broad SMARTS) is 1. The number of benzene rings is 2. The van der Waals surface area contributed by atoms with Crippen LogP contribution in [0.4, 0.5) is 4.79 Å². The molecule has 0 aromatic heterocycles. The highest BCUT2D eigenvalue weighted by molar-refractivity contribution is 5.83. The first-order valence-corrected chi connectivity index (χ1v) is 10.0. The first kappa shape index (κ1) is 23.4. The van der Waals surface area contributed by atoms with Crippen molar-refractivity contribution in [3.8, 4) is 0 Å². The Kier molecular flexibility index (Phi) is 9.31. The molecule has 0 aliphatic rings. The van der Waals surface area contributed by atoms with Crippen LogP contribution in [0.2, 0.25) is 0 Å². The predicted octanol–water partition coefficient (Wildman–Crippen LogP) is 1.86. The van der Waals surface area contributed by atoms with Gasteiger partial charge in [-0.05, 0) is 31.6 Å². The molecule has 2 aromatic rings. The number of hydrogen-bond acceptors (Lipinski definition) is 4. The average Bonchev–Trinajstić information content (AvgIpc) is 2.73. The van der Waals surface area contributed by atoms with Crippen LogP contribution in [-0.4, -0.2) is 77.9 Å². The summed E-state index contributed by atoms with van der Waals surface area (Å²) in [6.07, 6.45) is 0.792. The molecule has 0 radical (unpaired) electrons. The van der Waals surface area contributed by atoms with E-state index < -0.39 is 24.1 Å². The van der Waals surface area contributed by atoms with E-state index in [1.807, 2.05) is 79.7 Å². The number of aliphatic hydroxyl groups excluding tert-OH is 1. The van der Waals surface area contributed by atoms with Crippen LogP contribution in [0.1, 0.15) is 11.1 Å². The molecule has 0 heterocycles. The van der Waals surface area contributed by atoms with Gasteiger partial charge in [0.15, 0.2) is 0 Å². The molecule has 0 spiro atoms. The second-order valence-electron chi connectivity index (χ2n) is 7.56. The van der Waals surface area contributed by atoms with Gasteiger partial charge in [-0.25, -0.2) is 9.59 Å². The number of nitrogens with one attached hydrogen (secondary N) is 1. The number of likely N-dealkylation sites (N-methyl/N-ethyl adjacent to an activating group) is 1. The van der Waals surface area contributed by atoms with E-state index in [1.54, 1.807) is 0 Å². The molecule has 7 nitrogen and oxygen atoms in total. The van der Waals surface area contributed by atoms with Gasteiger partial charge >= 0.3 is 12.0 Å². The van der Waals surface area contributed by atoms with E-state index in [4.69, 9.17) is 0 Å². The van der Waals surface area contributed by atoms with Gasteiger partial charge in [0.1, 0.15) is 6.04 Å². The fourth-order valence-electron chi connectivity index (χ4n) is 3.30. The van der Waals surface area contributed by atoms with Gasteiger partial charge in [0.05, 0.1) is 12.6 Å². The molecule has 2 atom stereocenters. The highest BCUT2D eigenvalue weighted by Gasteiger charge is 2.28. The minimum Gasteiger partial charge on any atom is -0.480 e. The van der Waals surface area contributed by atoms with Crippen LogP contribution in [-0.2, 0) is 17.6 Å². The maximum Gasteiger partial charge on any atom is 0.326 e. The van der Waals surface area contributed by atoms with E-state index in [9.17, 15) is 19.8 Å². The monoisotopic (exact) mass is 413 g/mol. The van der Waals surface area contributed by atoms with E-state index in [-0.39, 0.29) is 13.0 Å². The van der Waals surface area contributed by atoms with E-state index in [1.165, 1.54) is 4.90 Å². The summed E-state index contributed by atoms with van der Waals surface area (Å²) in [4.78, 5) is 28.3. The number of aliphatic hydroxyl groups is 1. The summed E-state index contributed by atoms with van der Waals surface area (Å²) in [6, 6.07) is 16.9. The number of carbonyl (C=O) groups excluding carboxylic acids is 1. The van der Waals surface area contributed by atoms with E-state index in [0.29, 0.717) is 19.5 Å². The van der Waals surface area contributed by atoms with Crippen molar-refractivity contribution in [1.29, 1.82) is 0 Å². The zero-order valence-electron chi connectivity index (χ0n) is 17.6. The summed E-state index contributed by atoms with van der Waals surface area (Å²) >= 11 is 0. The molecule has 30 heavy (non-hydrogen) atoms. The summed E-state index contributed by atoms with van der Waals surface area (Å²) in [5.74, 6) is -1.09. The summed E-state index contributed by atoms with van der Waals surface area (Å²) in [7, 11) is 3.73. The molecule has 0 fully saturated rings. The lowest BCUT2D eigenvalue weighted by atomic mass is 10.1. The van der Waals surface area contributed by atoms with Crippen molar-refractivity contribution in [2.75, 3.05) is 33.8 Å². The smallest absolute Gasteiger partial charge is 0.326 e. The standard InChI is InChI=1S/C23H31N3O4/c1-25(2)16-20(17-27)26(14-13-18-9-5-3-6-10-18)23(30)24-21(22(28)29)15-19-11-7-4-8-12-19/h3-12,20-21,27H,13-17H2,1-2H3,(H,24,30)(H,28,29)/t20?,21-/m0/s1. The second kappa shape index (κ2) is 11.9. The van der Waals surface area contributed by atoms with Gasteiger partial charge in [0, 0.05) is 19.5 Å². The van der Waals surface area contributed by atoms with Crippen molar-refractivity contribution in [2.45, 2.75) is 24.9 Å². The molecule has 162 valence electrons. The van der Waals surface area contributed by atoms with E-state index in [2.05, 4.69) is 5.32 Å². The van der Waals surface area contributed by atoms with Gasteiger partial charge < -0.3 is 25.3 Å². The van der Waals surface area contributed by atoms with Crippen LogP contribution in [0.5, 0.6) is 0 Å². The minimum atomic E-state index is -1.09. The van der Waals surface area contributed by atoms with Gasteiger partial charge in [-0.1, -0.05) is 60.7 Å². The van der Waals surface area contributed by atoms with Gasteiger partial charge in [-0.3, -0.25) is 0 Å². The Morgan fingerprint density at radius 2 is 1.53 bits per heavy atom. The number of aliphatic carboxylic acids is 1. The van der Waals surface area contributed by atoms with Gasteiger partial charge in [-0.2, -0.15) is 0 Å². The number of hydrogen-bond donors (Lipinski definition) is 3. The van der Waals surface area contributed by atoms with Crippen molar-refractivity contribution in [1.82, 2.24) is 15.1 Å². The van der Waals surface area contributed by atoms with Crippen LogP contribution in [0.25, 0.3) is 0 Å². The molecule has 0 saturated carbocycles. The molecule has 0 saturated heterocycles. The molecule has 0 bridgehead atoms. The average molecular weight is 414 g/mol. The molecule has 2 amide bonds. The maximum absolute atomic E-state index is 13.1. The molecule has 2 aromatic carbocycles. The highest BCUT2D eigenvalue weighted by atomic mass is 16.4. The molecular weight excluding hydrogens is 382 g/mol. The van der Waals surface area contributed by atoms with Crippen LogP contribution < -0.4 is 5.32 Å². The molecule has 7 heteroatoms. The normalized spacial score (nSPS) is 12.9. The van der Waals surface area contributed by atoms with Crippen molar-refractivity contribution >= 4 is 12.0 Å². The fraction of sp³-hybridized carbons (Fsp3) is 0.391. The third-order valence-electron chi connectivity index (χ3n) is 4.85. The lowest BCUT2D eigenvalue weighted by molar-refractivity contribution is -0.139. The summed E-state index contributed by atoms with van der Waals surface area (Å²) in [5, 5.41) is 22.2. The van der Waals surface area contributed by atoms with Crippen molar-refractivity contribution in [3.63, 3.8) is 0 Å². The highest BCUT2D eigenvalue weighted by Crippen LogP contribution is 2.09. The number of urea groups is 1. The largest absolute Gasteiger partial charge is 0.480 e. The second-order valence-corrected chi connectivity index (χ2v) is 7.56. The Hall–Kier alpha value is -2.90. The lowest BCUT2D eigenvalue weighted by Crippen LogP contribution is -2.55. The van der Waals surface area contributed by atoms with Crippen molar-refractivity contribution < 1.29 is 19.8 Å².